The van der Waals surface area contributed by atoms with E-state index in [1.807, 2.05) is 49.5 Å². The third-order valence-corrected chi connectivity index (χ3v) is 3.31. The molecule has 0 saturated heterocycles. The molecule has 5 heteroatoms. The van der Waals surface area contributed by atoms with Crippen molar-refractivity contribution in [2.75, 3.05) is 17.7 Å². The Morgan fingerprint density at radius 2 is 1.85 bits per heavy atom. The molecule has 3 rings (SSSR count). The molecule has 4 nitrogen and oxygen atoms in total. The van der Waals surface area contributed by atoms with Crippen LogP contribution in [0.3, 0.4) is 0 Å². The first-order chi connectivity index (χ1) is 9.78. The zero-order chi connectivity index (χ0) is 13.9. The molecular formula is C15H13ClN4. The molecule has 0 atom stereocenters. The van der Waals surface area contributed by atoms with E-state index in [1.54, 1.807) is 6.20 Å². The van der Waals surface area contributed by atoms with E-state index in [1.165, 1.54) is 0 Å². The lowest BCUT2D eigenvalue weighted by atomic mass is 10.2. The number of hydrogen-bond donors (Lipinski definition) is 2. The highest BCUT2D eigenvalue weighted by molar-refractivity contribution is 6.35. The third-order valence-electron chi connectivity index (χ3n) is 2.98. The van der Waals surface area contributed by atoms with Crippen molar-refractivity contribution in [3.05, 3.63) is 53.7 Å². The number of halogens is 1. The van der Waals surface area contributed by atoms with Crippen LogP contribution < -0.4 is 10.6 Å². The van der Waals surface area contributed by atoms with Crippen LogP contribution in [0.2, 0.25) is 5.02 Å². The van der Waals surface area contributed by atoms with Crippen LogP contribution in [-0.4, -0.2) is 17.0 Å². The van der Waals surface area contributed by atoms with Crippen LogP contribution in [0.4, 0.5) is 17.3 Å². The van der Waals surface area contributed by atoms with E-state index in [4.69, 9.17) is 11.6 Å². The minimum atomic E-state index is 0.690. The van der Waals surface area contributed by atoms with E-state index in [-0.39, 0.29) is 0 Å². The van der Waals surface area contributed by atoms with Gasteiger partial charge in [-0.3, -0.25) is 4.98 Å². The molecular weight excluding hydrogens is 272 g/mol. The van der Waals surface area contributed by atoms with E-state index < -0.39 is 0 Å². The average molecular weight is 285 g/mol. The van der Waals surface area contributed by atoms with Gasteiger partial charge in [0.05, 0.1) is 16.2 Å². The molecule has 100 valence electrons. The van der Waals surface area contributed by atoms with Crippen molar-refractivity contribution in [1.29, 1.82) is 0 Å². The fourth-order valence-electron chi connectivity index (χ4n) is 2.02. The number of fused-ring (bicyclic) bond motifs is 1. The fourth-order valence-corrected chi connectivity index (χ4v) is 2.24. The SMILES string of the molecule is CNc1cccc(Nc2ccc(Cl)c3cccnc23)n1. The third kappa shape index (κ3) is 2.38. The van der Waals surface area contributed by atoms with E-state index in [0.29, 0.717) is 5.02 Å². The van der Waals surface area contributed by atoms with Crippen molar-refractivity contribution in [2.24, 2.45) is 0 Å². The molecule has 2 N–H and O–H groups in total. The number of anilines is 3. The molecule has 0 fully saturated rings. The first kappa shape index (κ1) is 12.7. The van der Waals surface area contributed by atoms with Gasteiger partial charge in [-0.2, -0.15) is 0 Å². The maximum Gasteiger partial charge on any atom is 0.132 e. The van der Waals surface area contributed by atoms with Crippen LogP contribution in [0.1, 0.15) is 0 Å². The smallest absolute Gasteiger partial charge is 0.132 e. The number of aromatic nitrogens is 2. The van der Waals surface area contributed by atoms with Gasteiger partial charge in [-0.1, -0.05) is 17.7 Å². The molecule has 0 amide bonds. The van der Waals surface area contributed by atoms with Crippen molar-refractivity contribution in [3.63, 3.8) is 0 Å². The van der Waals surface area contributed by atoms with Gasteiger partial charge >= 0.3 is 0 Å². The van der Waals surface area contributed by atoms with Crippen molar-refractivity contribution in [2.45, 2.75) is 0 Å². The number of nitrogens with zero attached hydrogens (tertiary/aromatic N) is 2. The predicted octanol–water partition coefficient (Wildman–Crippen LogP) is 4.07. The Labute approximate surface area is 121 Å². The second-order valence-electron chi connectivity index (χ2n) is 4.28. The number of pyridine rings is 2. The Morgan fingerprint density at radius 1 is 1.00 bits per heavy atom. The number of nitrogens with one attached hydrogen (secondary N) is 2. The number of rotatable bonds is 3. The maximum absolute atomic E-state index is 6.19. The van der Waals surface area contributed by atoms with E-state index in [2.05, 4.69) is 20.6 Å². The summed E-state index contributed by atoms with van der Waals surface area (Å²) < 4.78 is 0. The van der Waals surface area contributed by atoms with Gasteiger partial charge in [0.2, 0.25) is 0 Å². The Bertz CT molecular complexity index is 758. The highest BCUT2D eigenvalue weighted by Crippen LogP contribution is 2.29. The highest BCUT2D eigenvalue weighted by atomic mass is 35.5. The Morgan fingerprint density at radius 3 is 2.70 bits per heavy atom. The van der Waals surface area contributed by atoms with Crippen LogP contribution in [0.25, 0.3) is 10.9 Å². The van der Waals surface area contributed by atoms with Gasteiger partial charge < -0.3 is 10.6 Å². The zero-order valence-electron chi connectivity index (χ0n) is 10.9. The van der Waals surface area contributed by atoms with Gasteiger partial charge in [0, 0.05) is 18.6 Å². The van der Waals surface area contributed by atoms with Crippen LogP contribution in [0.15, 0.2) is 48.7 Å². The van der Waals surface area contributed by atoms with Gasteiger partial charge in [-0.05, 0) is 36.4 Å². The summed E-state index contributed by atoms with van der Waals surface area (Å²) in [6, 6.07) is 13.3. The molecule has 0 saturated carbocycles. The first-order valence-corrected chi connectivity index (χ1v) is 6.61. The van der Waals surface area contributed by atoms with Crippen LogP contribution in [0.5, 0.6) is 0 Å². The van der Waals surface area contributed by atoms with Crippen LogP contribution in [0, 0.1) is 0 Å². The molecule has 0 radical (unpaired) electrons. The normalized spacial score (nSPS) is 10.5. The lowest BCUT2D eigenvalue weighted by Gasteiger charge is -2.10. The standard InChI is InChI=1S/C15H13ClN4/c1-17-13-5-2-6-14(20-13)19-12-8-7-11(16)10-4-3-9-18-15(10)12/h2-9H,1H3,(H2,17,19,20). The predicted molar refractivity (Wildman–Crippen MR) is 83.8 cm³/mol. The van der Waals surface area contributed by atoms with Gasteiger partial charge in [0.1, 0.15) is 11.6 Å². The fraction of sp³-hybridized carbons (Fsp3) is 0.0667. The van der Waals surface area contributed by atoms with Gasteiger partial charge in [0.25, 0.3) is 0 Å². The van der Waals surface area contributed by atoms with Crippen molar-refractivity contribution >= 4 is 39.8 Å². The van der Waals surface area contributed by atoms with E-state index in [9.17, 15) is 0 Å². The molecule has 0 aliphatic carbocycles. The number of benzene rings is 1. The molecule has 2 aromatic heterocycles. The molecule has 2 heterocycles. The molecule has 1 aromatic carbocycles. The minimum Gasteiger partial charge on any atom is -0.373 e. The van der Waals surface area contributed by atoms with Crippen molar-refractivity contribution in [1.82, 2.24) is 9.97 Å². The molecule has 20 heavy (non-hydrogen) atoms. The Kier molecular flexibility index (Phi) is 3.39. The summed E-state index contributed by atoms with van der Waals surface area (Å²) in [7, 11) is 1.84. The number of hydrogen-bond acceptors (Lipinski definition) is 4. The Hall–Kier alpha value is -2.33. The van der Waals surface area contributed by atoms with E-state index >= 15 is 0 Å². The van der Waals surface area contributed by atoms with Gasteiger partial charge in [-0.15, -0.1) is 0 Å². The Balaban J connectivity index is 2.04. The molecule has 3 aromatic rings. The lowest BCUT2D eigenvalue weighted by molar-refractivity contribution is 1.27. The zero-order valence-corrected chi connectivity index (χ0v) is 11.6. The molecule has 0 unspecified atom stereocenters. The summed E-state index contributed by atoms with van der Waals surface area (Å²) in [5, 5.41) is 7.90. The van der Waals surface area contributed by atoms with Crippen molar-refractivity contribution < 1.29 is 0 Å². The van der Waals surface area contributed by atoms with Gasteiger partial charge in [0.15, 0.2) is 0 Å². The van der Waals surface area contributed by atoms with Gasteiger partial charge in [-0.25, -0.2) is 4.98 Å². The second kappa shape index (κ2) is 5.35. The highest BCUT2D eigenvalue weighted by Gasteiger charge is 2.06. The molecule has 0 bridgehead atoms. The minimum absolute atomic E-state index is 0.690. The summed E-state index contributed by atoms with van der Waals surface area (Å²) in [6.45, 7) is 0. The summed E-state index contributed by atoms with van der Waals surface area (Å²) >= 11 is 6.19. The molecule has 0 spiro atoms. The van der Waals surface area contributed by atoms with E-state index in [0.717, 1.165) is 28.2 Å². The van der Waals surface area contributed by atoms with Crippen LogP contribution >= 0.6 is 11.6 Å². The summed E-state index contributed by atoms with van der Waals surface area (Å²) in [4.78, 5) is 8.82. The topological polar surface area (TPSA) is 49.8 Å². The van der Waals surface area contributed by atoms with Crippen molar-refractivity contribution in [3.8, 4) is 0 Å². The summed E-state index contributed by atoms with van der Waals surface area (Å²) in [5.41, 5.74) is 1.71. The maximum atomic E-state index is 6.19. The lowest BCUT2D eigenvalue weighted by Crippen LogP contribution is -1.98. The quantitative estimate of drug-likeness (QED) is 0.761. The molecule has 0 aliphatic heterocycles. The largest absolute Gasteiger partial charge is 0.373 e. The first-order valence-electron chi connectivity index (χ1n) is 6.23. The second-order valence-corrected chi connectivity index (χ2v) is 4.68. The monoisotopic (exact) mass is 284 g/mol. The molecule has 0 aliphatic rings. The van der Waals surface area contributed by atoms with Crippen LogP contribution in [-0.2, 0) is 0 Å². The summed E-state index contributed by atoms with van der Waals surface area (Å²) in [5.74, 6) is 1.56. The summed E-state index contributed by atoms with van der Waals surface area (Å²) in [6.07, 6.45) is 1.75. The average Bonchev–Trinajstić information content (AvgIpc) is 2.51.